The maximum Gasteiger partial charge on any atom is 0.251 e. The lowest BCUT2D eigenvalue weighted by Gasteiger charge is -2.42. The Kier molecular flexibility index (Phi) is 3.98. The largest absolute Gasteiger partial charge is 0.349 e. The SMILES string of the molecule is CC1(P)CC(NC(=O)c2cccc(C3CC3NCC3CC3)c2)C1. The minimum absolute atomic E-state index is 0.0838. The van der Waals surface area contributed by atoms with Gasteiger partial charge in [0.2, 0.25) is 0 Å². The Bertz CT molecular complexity index is 603. The van der Waals surface area contributed by atoms with Crippen LogP contribution in [0.25, 0.3) is 0 Å². The van der Waals surface area contributed by atoms with E-state index >= 15 is 0 Å². The van der Waals surface area contributed by atoms with E-state index in [1.807, 2.05) is 12.1 Å². The van der Waals surface area contributed by atoms with Gasteiger partial charge in [-0.2, -0.15) is 0 Å². The first-order valence-electron chi connectivity index (χ1n) is 8.93. The molecule has 3 fully saturated rings. The summed E-state index contributed by atoms with van der Waals surface area (Å²) in [6, 6.07) is 9.19. The lowest BCUT2D eigenvalue weighted by atomic mass is 9.80. The van der Waals surface area contributed by atoms with Crippen molar-refractivity contribution in [2.24, 2.45) is 5.92 Å². The minimum atomic E-state index is 0.0838. The average molecular weight is 330 g/mol. The lowest BCUT2D eigenvalue weighted by Crippen LogP contribution is -2.50. The Labute approximate surface area is 141 Å². The van der Waals surface area contributed by atoms with Crippen molar-refractivity contribution in [3.63, 3.8) is 0 Å². The molecule has 3 unspecified atom stereocenters. The molecule has 124 valence electrons. The van der Waals surface area contributed by atoms with Crippen molar-refractivity contribution in [1.82, 2.24) is 10.6 Å². The van der Waals surface area contributed by atoms with E-state index in [1.165, 1.54) is 31.4 Å². The molecule has 0 radical (unpaired) electrons. The molecule has 23 heavy (non-hydrogen) atoms. The van der Waals surface area contributed by atoms with Crippen LogP contribution in [0.15, 0.2) is 24.3 Å². The van der Waals surface area contributed by atoms with Gasteiger partial charge in [0.25, 0.3) is 5.91 Å². The van der Waals surface area contributed by atoms with Crippen LogP contribution in [0.4, 0.5) is 0 Å². The predicted molar refractivity (Wildman–Crippen MR) is 96.9 cm³/mol. The van der Waals surface area contributed by atoms with Crippen LogP contribution in [0.2, 0.25) is 0 Å². The number of hydrogen-bond donors (Lipinski definition) is 2. The molecule has 0 saturated heterocycles. The van der Waals surface area contributed by atoms with E-state index in [0.717, 1.165) is 24.3 Å². The second-order valence-corrected chi connectivity index (χ2v) is 9.55. The summed E-state index contributed by atoms with van der Waals surface area (Å²) in [7, 11) is 2.89. The quantitative estimate of drug-likeness (QED) is 0.787. The normalized spacial score (nSPS) is 35.5. The molecule has 1 aromatic carbocycles. The Hall–Kier alpha value is -0.920. The third-order valence-corrected chi connectivity index (χ3v) is 5.97. The maximum absolute atomic E-state index is 12.4. The highest BCUT2D eigenvalue weighted by Gasteiger charge is 2.40. The van der Waals surface area contributed by atoms with Crippen LogP contribution in [-0.2, 0) is 0 Å². The van der Waals surface area contributed by atoms with Gasteiger partial charge in [-0.1, -0.05) is 19.1 Å². The van der Waals surface area contributed by atoms with E-state index in [-0.39, 0.29) is 5.91 Å². The van der Waals surface area contributed by atoms with E-state index in [4.69, 9.17) is 0 Å². The second-order valence-electron chi connectivity index (χ2n) is 8.16. The number of benzene rings is 1. The molecule has 2 N–H and O–H groups in total. The van der Waals surface area contributed by atoms with Gasteiger partial charge in [-0.25, -0.2) is 0 Å². The topological polar surface area (TPSA) is 41.1 Å². The van der Waals surface area contributed by atoms with Gasteiger partial charge in [0.15, 0.2) is 0 Å². The first-order chi connectivity index (χ1) is 11.0. The van der Waals surface area contributed by atoms with Gasteiger partial charge < -0.3 is 10.6 Å². The van der Waals surface area contributed by atoms with Gasteiger partial charge in [-0.3, -0.25) is 4.79 Å². The fourth-order valence-corrected chi connectivity index (χ4v) is 4.35. The van der Waals surface area contributed by atoms with Crippen molar-refractivity contribution in [1.29, 1.82) is 0 Å². The molecule has 4 rings (SSSR count). The summed E-state index contributed by atoms with van der Waals surface area (Å²) in [6.07, 6.45) is 6.12. The zero-order valence-corrected chi connectivity index (χ0v) is 15.0. The Morgan fingerprint density at radius 2 is 2.13 bits per heavy atom. The molecule has 3 aliphatic carbocycles. The summed E-state index contributed by atoms with van der Waals surface area (Å²) in [5, 5.41) is 7.15. The first kappa shape index (κ1) is 15.6. The highest BCUT2D eigenvalue weighted by atomic mass is 31.0. The first-order valence-corrected chi connectivity index (χ1v) is 9.51. The lowest BCUT2D eigenvalue weighted by molar-refractivity contribution is 0.0906. The third kappa shape index (κ3) is 3.78. The van der Waals surface area contributed by atoms with E-state index in [1.54, 1.807) is 0 Å². The molecule has 3 saturated carbocycles. The molecular weight excluding hydrogens is 303 g/mol. The molecule has 1 aromatic rings. The molecule has 0 heterocycles. The van der Waals surface area contributed by atoms with Gasteiger partial charge in [0.1, 0.15) is 0 Å². The van der Waals surface area contributed by atoms with Crippen molar-refractivity contribution in [2.45, 2.75) is 62.2 Å². The third-order valence-electron chi connectivity index (χ3n) is 5.49. The van der Waals surface area contributed by atoms with Gasteiger partial charge in [0, 0.05) is 23.6 Å². The summed E-state index contributed by atoms with van der Waals surface area (Å²) in [5.41, 5.74) is 2.13. The molecule has 0 bridgehead atoms. The van der Waals surface area contributed by atoms with Gasteiger partial charge in [0.05, 0.1) is 0 Å². The molecular formula is C19H27N2OP. The van der Waals surface area contributed by atoms with E-state index in [0.29, 0.717) is 23.2 Å². The number of carbonyl (C=O) groups excluding carboxylic acids is 1. The van der Waals surface area contributed by atoms with Gasteiger partial charge >= 0.3 is 0 Å². The van der Waals surface area contributed by atoms with Crippen LogP contribution in [0.3, 0.4) is 0 Å². The molecule has 4 heteroatoms. The van der Waals surface area contributed by atoms with Gasteiger partial charge in [-0.05, 0) is 67.4 Å². The molecule has 0 spiro atoms. The fraction of sp³-hybridized carbons (Fsp3) is 0.632. The Morgan fingerprint density at radius 3 is 2.83 bits per heavy atom. The molecule has 3 nitrogen and oxygen atoms in total. The van der Waals surface area contributed by atoms with Crippen molar-refractivity contribution in [3.8, 4) is 0 Å². The highest BCUT2D eigenvalue weighted by Crippen LogP contribution is 2.42. The standard InChI is InChI=1S/C19H27N2OP/c1-19(23)9-15(10-19)21-18(22)14-4-2-3-13(7-14)16-8-17(16)20-11-12-5-6-12/h2-4,7,12,15-17,20H,5-6,8-11,23H2,1H3,(H,21,22). The summed E-state index contributed by atoms with van der Waals surface area (Å²) in [6.45, 7) is 3.40. The fourth-order valence-electron chi connectivity index (χ4n) is 3.78. The smallest absolute Gasteiger partial charge is 0.251 e. The number of carbonyl (C=O) groups is 1. The van der Waals surface area contributed by atoms with Crippen LogP contribution in [0, 0.1) is 5.92 Å². The number of rotatable bonds is 6. The van der Waals surface area contributed by atoms with Crippen LogP contribution in [0.1, 0.15) is 60.9 Å². The van der Waals surface area contributed by atoms with E-state index in [2.05, 4.69) is 38.9 Å². The zero-order chi connectivity index (χ0) is 16.0. The number of amides is 1. The average Bonchev–Trinajstić information content (AvgIpc) is 3.37. The molecule has 3 atom stereocenters. The summed E-state index contributed by atoms with van der Waals surface area (Å²) < 4.78 is 0. The minimum Gasteiger partial charge on any atom is -0.349 e. The second kappa shape index (κ2) is 5.86. The van der Waals surface area contributed by atoms with E-state index in [9.17, 15) is 4.79 Å². The Balaban J connectivity index is 1.32. The number of hydrogen-bond acceptors (Lipinski definition) is 2. The van der Waals surface area contributed by atoms with Crippen molar-refractivity contribution in [3.05, 3.63) is 35.4 Å². The summed E-state index contributed by atoms with van der Waals surface area (Å²) >= 11 is 0. The molecule has 1 amide bonds. The zero-order valence-electron chi connectivity index (χ0n) is 13.8. The maximum atomic E-state index is 12.4. The highest BCUT2D eigenvalue weighted by molar-refractivity contribution is 7.19. The van der Waals surface area contributed by atoms with Crippen molar-refractivity contribution < 1.29 is 4.79 Å². The molecule has 3 aliphatic rings. The number of nitrogens with one attached hydrogen (secondary N) is 2. The summed E-state index contributed by atoms with van der Waals surface area (Å²) in [4.78, 5) is 12.4. The van der Waals surface area contributed by atoms with Crippen LogP contribution in [0.5, 0.6) is 0 Å². The summed E-state index contributed by atoms with van der Waals surface area (Å²) in [5.74, 6) is 1.61. The molecule has 0 aliphatic heterocycles. The van der Waals surface area contributed by atoms with E-state index < -0.39 is 0 Å². The van der Waals surface area contributed by atoms with Crippen molar-refractivity contribution >= 4 is 15.1 Å². The molecule has 0 aromatic heterocycles. The van der Waals surface area contributed by atoms with Crippen LogP contribution >= 0.6 is 9.24 Å². The van der Waals surface area contributed by atoms with Crippen molar-refractivity contribution in [2.75, 3.05) is 6.54 Å². The monoisotopic (exact) mass is 330 g/mol. The predicted octanol–water partition coefficient (Wildman–Crippen LogP) is 3.07. The van der Waals surface area contributed by atoms with Crippen LogP contribution in [-0.4, -0.2) is 29.7 Å². The van der Waals surface area contributed by atoms with Crippen LogP contribution < -0.4 is 10.6 Å². The van der Waals surface area contributed by atoms with Gasteiger partial charge in [-0.15, -0.1) is 9.24 Å². The Morgan fingerprint density at radius 1 is 1.35 bits per heavy atom.